The van der Waals surface area contributed by atoms with Crippen LogP contribution in [0.5, 0.6) is 0 Å². The molecule has 0 aromatic carbocycles. The Labute approximate surface area is 138 Å². The molecule has 2 aromatic heterocycles. The fourth-order valence-electron chi connectivity index (χ4n) is 2.12. The van der Waals surface area contributed by atoms with E-state index < -0.39 is 6.09 Å². The van der Waals surface area contributed by atoms with Crippen molar-refractivity contribution in [2.45, 2.75) is 26.3 Å². The third kappa shape index (κ3) is 3.53. The predicted octanol–water partition coefficient (Wildman–Crippen LogP) is 2.07. The second kappa shape index (κ2) is 6.41. The normalized spacial score (nSPS) is 13.8. The van der Waals surface area contributed by atoms with Gasteiger partial charge in [-0.2, -0.15) is 0 Å². The number of nitrogens with one attached hydrogen (secondary N) is 1. The summed E-state index contributed by atoms with van der Waals surface area (Å²) in [6, 6.07) is 1.94. The number of likely N-dealkylation sites (tertiary alicyclic amines) is 1. The molecule has 1 amide bonds. The van der Waals surface area contributed by atoms with E-state index >= 15 is 0 Å². The van der Waals surface area contributed by atoms with Crippen molar-refractivity contribution in [1.82, 2.24) is 25.0 Å². The Morgan fingerprint density at radius 2 is 2.22 bits per heavy atom. The summed E-state index contributed by atoms with van der Waals surface area (Å²) in [5.74, 6) is 0. The van der Waals surface area contributed by atoms with Gasteiger partial charge in [0.15, 0.2) is 0 Å². The minimum atomic E-state index is -0.428. The molecular formula is C14H17ClN6O2. The molecule has 1 fully saturated rings. The summed E-state index contributed by atoms with van der Waals surface area (Å²) in [5, 5.41) is 11.5. The average molecular weight is 337 g/mol. The number of aromatic nitrogens is 4. The molecule has 3 heterocycles. The highest BCUT2D eigenvalue weighted by Crippen LogP contribution is 2.28. The van der Waals surface area contributed by atoms with Gasteiger partial charge >= 0.3 is 6.09 Å². The topological polar surface area (TPSA) is 85.2 Å². The first-order valence-corrected chi connectivity index (χ1v) is 7.73. The lowest BCUT2D eigenvalue weighted by molar-refractivity contribution is 0.0591. The Morgan fingerprint density at radius 1 is 1.43 bits per heavy atom. The molecule has 3 rings (SSSR count). The van der Waals surface area contributed by atoms with Crippen molar-refractivity contribution in [3.63, 3.8) is 0 Å². The first kappa shape index (κ1) is 15.5. The maximum absolute atomic E-state index is 11.8. The third-order valence-electron chi connectivity index (χ3n) is 3.35. The van der Waals surface area contributed by atoms with E-state index in [4.69, 9.17) is 16.4 Å². The smallest absolute Gasteiger partial charge is 0.382 e. The number of halogens is 1. The van der Waals surface area contributed by atoms with E-state index in [1.165, 1.54) is 6.20 Å². The lowest BCUT2D eigenvalue weighted by Crippen LogP contribution is -2.45. The van der Waals surface area contributed by atoms with Gasteiger partial charge in [0.25, 0.3) is 0 Å². The number of anilines is 1. The van der Waals surface area contributed by atoms with Crippen LogP contribution >= 0.6 is 11.6 Å². The Balaban J connectivity index is 1.80. The minimum Gasteiger partial charge on any atom is -0.382 e. The first-order valence-electron chi connectivity index (χ1n) is 7.35. The van der Waals surface area contributed by atoms with Crippen molar-refractivity contribution in [1.29, 1.82) is 0 Å². The van der Waals surface area contributed by atoms with Crippen LogP contribution in [0.25, 0.3) is 11.3 Å². The van der Waals surface area contributed by atoms with Gasteiger partial charge in [0, 0.05) is 36.6 Å². The van der Waals surface area contributed by atoms with Crippen molar-refractivity contribution in [2.75, 3.05) is 18.4 Å². The fraction of sp³-hybridized carbons (Fsp3) is 0.429. The third-order valence-corrected chi connectivity index (χ3v) is 3.56. The van der Waals surface area contributed by atoms with Crippen LogP contribution in [0, 0.1) is 0 Å². The molecule has 0 unspecified atom stereocenters. The number of rotatable bonds is 4. The summed E-state index contributed by atoms with van der Waals surface area (Å²) < 4.78 is 0. The Kier molecular flexibility index (Phi) is 4.33. The first-order chi connectivity index (χ1) is 11.0. The minimum absolute atomic E-state index is 0.214. The summed E-state index contributed by atoms with van der Waals surface area (Å²) in [7, 11) is 0. The van der Waals surface area contributed by atoms with Gasteiger partial charge in [-0.05, 0) is 31.5 Å². The molecule has 1 saturated heterocycles. The molecule has 23 heavy (non-hydrogen) atoms. The summed E-state index contributed by atoms with van der Waals surface area (Å²) in [6.07, 6.45) is 3.72. The maximum atomic E-state index is 11.8. The maximum Gasteiger partial charge on any atom is 0.435 e. The van der Waals surface area contributed by atoms with Crippen molar-refractivity contribution in [3.8, 4) is 11.3 Å². The molecule has 1 aliphatic heterocycles. The largest absolute Gasteiger partial charge is 0.435 e. The number of carbonyl (C=O) groups excluding carboxylic acids is 1. The molecule has 1 N–H and O–H groups in total. The second-order valence-corrected chi connectivity index (χ2v) is 5.94. The average Bonchev–Trinajstić information content (AvgIpc) is 2.84. The summed E-state index contributed by atoms with van der Waals surface area (Å²) in [5.41, 5.74) is 2.06. The van der Waals surface area contributed by atoms with Gasteiger partial charge in [-0.1, -0.05) is 16.4 Å². The molecule has 0 bridgehead atoms. The van der Waals surface area contributed by atoms with E-state index in [2.05, 4.69) is 20.6 Å². The van der Waals surface area contributed by atoms with Gasteiger partial charge in [-0.25, -0.2) is 9.78 Å². The molecule has 8 nitrogen and oxygen atoms in total. The van der Waals surface area contributed by atoms with Crippen LogP contribution in [-0.4, -0.2) is 50.3 Å². The molecule has 122 valence electrons. The summed E-state index contributed by atoms with van der Waals surface area (Å²) >= 11 is 5.95. The van der Waals surface area contributed by atoms with E-state index in [-0.39, 0.29) is 6.04 Å². The number of hydrogen-bond donors (Lipinski definition) is 1. The lowest BCUT2D eigenvalue weighted by atomic mass is 10.1. The van der Waals surface area contributed by atoms with Gasteiger partial charge in [-0.15, -0.1) is 5.10 Å². The quantitative estimate of drug-likeness (QED) is 0.679. The molecule has 9 heteroatoms. The Hall–Kier alpha value is -2.35. The van der Waals surface area contributed by atoms with Crippen LogP contribution in [0.2, 0.25) is 5.15 Å². The molecule has 0 spiro atoms. The molecule has 0 aliphatic carbocycles. The standard InChI is InChI=1S/C14H17ClN6O2/c1-9(2)17-11-6-13(15)16-7-10(11)12-8-21(19-18-12)23-14(22)20-4-3-5-20/h6-9H,3-5H2,1-2H3,(H,16,17). The van der Waals surface area contributed by atoms with Crippen LogP contribution in [0.15, 0.2) is 18.5 Å². The number of amides is 1. The molecular weight excluding hydrogens is 320 g/mol. The summed E-state index contributed by atoms with van der Waals surface area (Å²) in [6.45, 7) is 5.46. The zero-order valence-electron chi connectivity index (χ0n) is 12.9. The zero-order chi connectivity index (χ0) is 16.4. The summed E-state index contributed by atoms with van der Waals surface area (Å²) in [4.78, 5) is 23.6. The highest BCUT2D eigenvalue weighted by molar-refractivity contribution is 6.29. The van der Waals surface area contributed by atoms with E-state index in [0.717, 1.165) is 22.5 Å². The van der Waals surface area contributed by atoms with Crippen LogP contribution in [-0.2, 0) is 0 Å². The Bertz CT molecular complexity index is 713. The van der Waals surface area contributed by atoms with Crippen LogP contribution in [0.4, 0.5) is 10.5 Å². The van der Waals surface area contributed by atoms with E-state index in [1.54, 1.807) is 17.2 Å². The molecule has 2 aromatic rings. The Morgan fingerprint density at radius 3 is 2.87 bits per heavy atom. The van der Waals surface area contributed by atoms with Crippen molar-refractivity contribution in [3.05, 3.63) is 23.6 Å². The van der Waals surface area contributed by atoms with Crippen molar-refractivity contribution in [2.24, 2.45) is 0 Å². The van der Waals surface area contributed by atoms with Crippen LogP contribution < -0.4 is 10.2 Å². The number of hydrogen-bond acceptors (Lipinski definition) is 6. The van der Waals surface area contributed by atoms with Crippen LogP contribution in [0.3, 0.4) is 0 Å². The molecule has 1 aliphatic rings. The van der Waals surface area contributed by atoms with E-state index in [1.807, 2.05) is 13.8 Å². The number of pyridine rings is 1. The van der Waals surface area contributed by atoms with Crippen molar-refractivity contribution >= 4 is 23.4 Å². The monoisotopic (exact) mass is 336 g/mol. The second-order valence-electron chi connectivity index (χ2n) is 5.56. The fourth-order valence-corrected chi connectivity index (χ4v) is 2.28. The number of carbonyl (C=O) groups is 1. The van der Waals surface area contributed by atoms with Crippen LogP contribution in [0.1, 0.15) is 20.3 Å². The number of nitrogens with zero attached hydrogens (tertiary/aromatic N) is 5. The van der Waals surface area contributed by atoms with E-state index in [0.29, 0.717) is 23.9 Å². The van der Waals surface area contributed by atoms with Crippen molar-refractivity contribution < 1.29 is 9.63 Å². The van der Waals surface area contributed by atoms with Gasteiger partial charge < -0.3 is 10.2 Å². The van der Waals surface area contributed by atoms with Gasteiger partial charge in [-0.3, -0.25) is 4.84 Å². The zero-order valence-corrected chi connectivity index (χ0v) is 13.6. The molecule has 0 saturated carbocycles. The van der Waals surface area contributed by atoms with Gasteiger partial charge in [0.1, 0.15) is 10.8 Å². The molecule has 0 radical (unpaired) electrons. The lowest BCUT2D eigenvalue weighted by Gasteiger charge is -2.28. The van der Waals surface area contributed by atoms with Gasteiger partial charge in [0.05, 0.1) is 6.20 Å². The predicted molar refractivity (Wildman–Crippen MR) is 85.2 cm³/mol. The highest BCUT2D eigenvalue weighted by atomic mass is 35.5. The van der Waals surface area contributed by atoms with E-state index in [9.17, 15) is 4.79 Å². The highest BCUT2D eigenvalue weighted by Gasteiger charge is 2.23. The SMILES string of the molecule is CC(C)Nc1cc(Cl)ncc1-c1cn(OC(=O)N2CCC2)nn1. The molecule has 0 atom stereocenters. The van der Waals surface area contributed by atoms with Gasteiger partial charge in [0.2, 0.25) is 0 Å².